The summed E-state index contributed by atoms with van der Waals surface area (Å²) in [6, 6.07) is 14.1. The summed E-state index contributed by atoms with van der Waals surface area (Å²) >= 11 is 0. The second-order valence-corrected chi connectivity index (χ2v) is 6.11. The largest absolute Gasteiger partial charge is 0.325 e. The van der Waals surface area contributed by atoms with E-state index >= 15 is 0 Å². The first kappa shape index (κ1) is 16.5. The number of nitrogens with zero attached hydrogens (tertiary/aromatic N) is 1. The number of amides is 2. The highest BCUT2D eigenvalue weighted by Gasteiger charge is 2.21. The molecule has 2 aromatic carbocycles. The minimum Gasteiger partial charge on any atom is -0.325 e. The van der Waals surface area contributed by atoms with Gasteiger partial charge in [-0.25, -0.2) is 9.18 Å². The van der Waals surface area contributed by atoms with E-state index in [0.29, 0.717) is 0 Å². The van der Waals surface area contributed by atoms with Crippen LogP contribution >= 0.6 is 0 Å². The quantitative estimate of drug-likeness (QED) is 0.903. The molecule has 0 spiro atoms. The number of hydrogen-bond donors (Lipinski definition) is 2. The van der Waals surface area contributed by atoms with Gasteiger partial charge in [0.1, 0.15) is 5.82 Å². The summed E-state index contributed by atoms with van der Waals surface area (Å²) in [6.07, 6.45) is 1.95. The van der Waals surface area contributed by atoms with Gasteiger partial charge in [-0.05, 0) is 61.3 Å². The molecule has 0 atom stereocenters. The van der Waals surface area contributed by atoms with Crippen LogP contribution in [0.5, 0.6) is 0 Å². The Balaban J connectivity index is 1.64. The number of halogens is 1. The lowest BCUT2D eigenvalue weighted by molar-refractivity contribution is 0.189. The summed E-state index contributed by atoms with van der Waals surface area (Å²) in [5, 5.41) is 6.22. The van der Waals surface area contributed by atoms with Gasteiger partial charge in [0.05, 0.1) is 0 Å². The van der Waals surface area contributed by atoms with Crippen LogP contribution in [-0.2, 0) is 0 Å². The second kappa shape index (κ2) is 7.45. The van der Waals surface area contributed by atoms with Crippen LogP contribution < -0.4 is 10.6 Å². The Bertz CT molecular complexity index is 696. The Morgan fingerprint density at radius 1 is 1.12 bits per heavy atom. The zero-order valence-electron chi connectivity index (χ0n) is 13.8. The summed E-state index contributed by atoms with van der Waals surface area (Å²) in [5.74, 6) is -0.256. The van der Waals surface area contributed by atoms with Gasteiger partial charge in [0.2, 0.25) is 0 Å². The molecular weight excluding hydrogens is 305 g/mol. The number of rotatable bonds is 3. The monoisotopic (exact) mass is 327 g/mol. The van der Waals surface area contributed by atoms with Crippen molar-refractivity contribution >= 4 is 11.7 Å². The minimum atomic E-state index is -0.256. The molecular formula is C19H22FN3O. The van der Waals surface area contributed by atoms with Crippen LogP contribution in [0.1, 0.15) is 12.8 Å². The lowest BCUT2D eigenvalue weighted by Crippen LogP contribution is -2.45. The van der Waals surface area contributed by atoms with E-state index in [-0.39, 0.29) is 17.9 Å². The van der Waals surface area contributed by atoms with Gasteiger partial charge in [-0.15, -0.1) is 0 Å². The van der Waals surface area contributed by atoms with Crippen molar-refractivity contribution in [3.05, 3.63) is 54.3 Å². The summed E-state index contributed by atoms with van der Waals surface area (Å²) in [4.78, 5) is 14.1. The number of nitrogens with one attached hydrogen (secondary N) is 2. The van der Waals surface area contributed by atoms with Gasteiger partial charge in [-0.3, -0.25) is 0 Å². The van der Waals surface area contributed by atoms with E-state index in [9.17, 15) is 9.18 Å². The van der Waals surface area contributed by atoms with E-state index in [4.69, 9.17) is 0 Å². The molecule has 126 valence electrons. The third-order valence-corrected chi connectivity index (χ3v) is 4.47. The maximum Gasteiger partial charge on any atom is 0.321 e. The van der Waals surface area contributed by atoms with E-state index in [1.54, 1.807) is 11.0 Å². The first-order valence-corrected chi connectivity index (χ1v) is 8.24. The summed E-state index contributed by atoms with van der Waals surface area (Å²) in [7, 11) is 1.84. The lowest BCUT2D eigenvalue weighted by Gasteiger charge is -2.31. The van der Waals surface area contributed by atoms with Gasteiger partial charge >= 0.3 is 6.03 Å². The SMILES string of the molecule is CN(C(=O)Nc1ccc(-c2cccc(F)c2)cc1)C1CCNCC1. The summed E-state index contributed by atoms with van der Waals surface area (Å²) in [5.41, 5.74) is 2.47. The minimum absolute atomic E-state index is 0.0968. The average Bonchev–Trinajstić information content (AvgIpc) is 2.62. The van der Waals surface area contributed by atoms with E-state index in [0.717, 1.165) is 42.7 Å². The maximum atomic E-state index is 13.3. The maximum absolute atomic E-state index is 13.3. The first-order chi connectivity index (χ1) is 11.6. The third kappa shape index (κ3) is 3.92. The van der Waals surface area contributed by atoms with Crippen molar-refractivity contribution in [1.82, 2.24) is 10.2 Å². The molecule has 1 saturated heterocycles. The van der Waals surface area contributed by atoms with Crippen molar-refractivity contribution in [3.8, 4) is 11.1 Å². The molecule has 1 heterocycles. The van der Waals surface area contributed by atoms with Crippen LogP contribution in [0.4, 0.5) is 14.9 Å². The zero-order chi connectivity index (χ0) is 16.9. The summed E-state index contributed by atoms with van der Waals surface area (Å²) in [6.45, 7) is 1.90. The molecule has 0 unspecified atom stereocenters. The highest BCUT2D eigenvalue weighted by molar-refractivity contribution is 5.89. The lowest BCUT2D eigenvalue weighted by atomic mass is 10.1. The standard InChI is InChI=1S/C19H22FN3O/c1-23(18-9-11-21-12-10-18)19(24)22-17-7-5-14(6-8-17)15-3-2-4-16(20)13-15/h2-8,13,18,21H,9-12H2,1H3,(H,22,24). The van der Waals surface area contributed by atoms with E-state index in [1.807, 2.05) is 37.4 Å². The van der Waals surface area contributed by atoms with Gasteiger partial charge < -0.3 is 15.5 Å². The van der Waals surface area contributed by atoms with Crippen molar-refractivity contribution in [2.45, 2.75) is 18.9 Å². The molecule has 1 aliphatic rings. The fourth-order valence-corrected chi connectivity index (χ4v) is 2.99. The smallest absolute Gasteiger partial charge is 0.321 e. The molecule has 1 aliphatic heterocycles. The van der Waals surface area contributed by atoms with Crippen LogP contribution in [0.3, 0.4) is 0 Å². The molecule has 0 saturated carbocycles. The molecule has 2 N–H and O–H groups in total. The molecule has 1 fully saturated rings. The van der Waals surface area contributed by atoms with Crippen molar-refractivity contribution in [2.24, 2.45) is 0 Å². The molecule has 4 nitrogen and oxygen atoms in total. The normalized spacial score (nSPS) is 15.1. The highest BCUT2D eigenvalue weighted by atomic mass is 19.1. The number of urea groups is 1. The third-order valence-electron chi connectivity index (χ3n) is 4.47. The molecule has 3 rings (SSSR count). The zero-order valence-corrected chi connectivity index (χ0v) is 13.8. The highest BCUT2D eigenvalue weighted by Crippen LogP contribution is 2.22. The average molecular weight is 327 g/mol. The molecule has 2 aromatic rings. The molecule has 5 heteroatoms. The van der Waals surface area contributed by atoms with Crippen molar-refractivity contribution in [1.29, 1.82) is 0 Å². The first-order valence-electron chi connectivity index (χ1n) is 8.24. The molecule has 0 aliphatic carbocycles. The second-order valence-electron chi connectivity index (χ2n) is 6.11. The fraction of sp³-hybridized carbons (Fsp3) is 0.316. The van der Waals surface area contributed by atoms with Crippen LogP contribution in [0.15, 0.2) is 48.5 Å². The van der Waals surface area contributed by atoms with Crippen LogP contribution in [-0.4, -0.2) is 37.1 Å². The van der Waals surface area contributed by atoms with Crippen LogP contribution in [0, 0.1) is 5.82 Å². The molecule has 0 aromatic heterocycles. The fourth-order valence-electron chi connectivity index (χ4n) is 2.99. The van der Waals surface area contributed by atoms with Gasteiger partial charge in [-0.2, -0.15) is 0 Å². The number of piperidine rings is 1. The molecule has 0 bridgehead atoms. The number of anilines is 1. The van der Waals surface area contributed by atoms with Gasteiger partial charge in [0.15, 0.2) is 0 Å². The van der Waals surface area contributed by atoms with Gasteiger partial charge in [0.25, 0.3) is 0 Å². The molecule has 2 amide bonds. The number of carbonyl (C=O) groups is 1. The Labute approximate surface area is 141 Å². The van der Waals surface area contributed by atoms with Crippen LogP contribution in [0.2, 0.25) is 0 Å². The molecule has 0 radical (unpaired) electrons. The Kier molecular flexibility index (Phi) is 5.11. The predicted molar refractivity (Wildman–Crippen MR) is 94.5 cm³/mol. The van der Waals surface area contributed by atoms with Gasteiger partial charge in [0, 0.05) is 18.8 Å². The van der Waals surface area contributed by atoms with E-state index < -0.39 is 0 Å². The Morgan fingerprint density at radius 3 is 2.50 bits per heavy atom. The van der Waals surface area contributed by atoms with Crippen molar-refractivity contribution in [2.75, 3.05) is 25.5 Å². The van der Waals surface area contributed by atoms with Crippen LogP contribution in [0.25, 0.3) is 11.1 Å². The van der Waals surface area contributed by atoms with Gasteiger partial charge in [-0.1, -0.05) is 24.3 Å². The van der Waals surface area contributed by atoms with Crippen molar-refractivity contribution in [3.63, 3.8) is 0 Å². The Morgan fingerprint density at radius 2 is 1.83 bits per heavy atom. The van der Waals surface area contributed by atoms with E-state index in [2.05, 4.69) is 10.6 Å². The Hall–Kier alpha value is -2.40. The van der Waals surface area contributed by atoms with Crippen molar-refractivity contribution < 1.29 is 9.18 Å². The topological polar surface area (TPSA) is 44.4 Å². The number of benzene rings is 2. The molecule has 24 heavy (non-hydrogen) atoms. The predicted octanol–water partition coefficient (Wildman–Crippen LogP) is 3.71. The number of carbonyl (C=O) groups excluding carboxylic acids is 1. The summed E-state index contributed by atoms with van der Waals surface area (Å²) < 4.78 is 13.3. The van der Waals surface area contributed by atoms with E-state index in [1.165, 1.54) is 12.1 Å². The number of hydrogen-bond acceptors (Lipinski definition) is 2.